The third-order valence-electron chi connectivity index (χ3n) is 4.86. The minimum absolute atomic E-state index is 0.154. The van der Waals surface area contributed by atoms with Crippen LogP contribution >= 0.6 is 0 Å². The van der Waals surface area contributed by atoms with Gasteiger partial charge < -0.3 is 14.5 Å². The van der Waals surface area contributed by atoms with Crippen LogP contribution in [0.2, 0.25) is 0 Å². The van der Waals surface area contributed by atoms with E-state index in [9.17, 15) is 13.2 Å². The lowest BCUT2D eigenvalue weighted by atomic mass is 9.99. The van der Waals surface area contributed by atoms with Crippen LogP contribution in [0.4, 0.5) is 0 Å². The molecule has 2 heterocycles. The molecule has 0 radical (unpaired) electrons. The van der Waals surface area contributed by atoms with Crippen molar-refractivity contribution in [2.24, 2.45) is 5.92 Å². The molecule has 0 saturated carbocycles. The number of rotatable bonds is 7. The van der Waals surface area contributed by atoms with Gasteiger partial charge in [0.05, 0.1) is 30.2 Å². The van der Waals surface area contributed by atoms with Gasteiger partial charge in [-0.2, -0.15) is 4.31 Å². The van der Waals surface area contributed by atoms with Crippen molar-refractivity contribution in [1.29, 1.82) is 0 Å². The summed E-state index contributed by atoms with van der Waals surface area (Å²) in [4.78, 5) is 12.7. The van der Waals surface area contributed by atoms with Crippen molar-refractivity contribution in [2.45, 2.75) is 38.1 Å². The van der Waals surface area contributed by atoms with Gasteiger partial charge in [-0.25, -0.2) is 8.42 Å². The molecule has 0 spiro atoms. The first kappa shape index (κ1) is 20.4. The van der Waals surface area contributed by atoms with E-state index in [1.165, 1.54) is 4.31 Å². The molecule has 1 amide bonds. The fraction of sp³-hybridized carbons (Fsp3) is 0.450. The van der Waals surface area contributed by atoms with Crippen LogP contribution in [-0.2, 0) is 21.4 Å². The molecule has 1 N–H and O–H groups in total. The van der Waals surface area contributed by atoms with Crippen LogP contribution in [0.1, 0.15) is 31.1 Å². The van der Waals surface area contributed by atoms with Crippen LogP contribution in [-0.4, -0.2) is 38.3 Å². The summed E-state index contributed by atoms with van der Waals surface area (Å²) < 4.78 is 38.2. The van der Waals surface area contributed by atoms with E-state index in [0.29, 0.717) is 44.0 Å². The van der Waals surface area contributed by atoms with Gasteiger partial charge in [0, 0.05) is 13.1 Å². The van der Waals surface area contributed by atoms with Crippen LogP contribution in [0, 0.1) is 12.8 Å². The Morgan fingerprint density at radius 3 is 2.86 bits per heavy atom. The summed E-state index contributed by atoms with van der Waals surface area (Å²) in [6.07, 6.45) is 2.86. The summed E-state index contributed by atoms with van der Waals surface area (Å²) in [6.45, 7) is 5.12. The third-order valence-corrected chi connectivity index (χ3v) is 6.72. The molecule has 1 fully saturated rings. The Morgan fingerprint density at radius 2 is 2.18 bits per heavy atom. The molecule has 1 aliphatic rings. The summed E-state index contributed by atoms with van der Waals surface area (Å²) in [5, 5.41) is 2.83. The van der Waals surface area contributed by atoms with Gasteiger partial charge in [-0.15, -0.1) is 0 Å². The summed E-state index contributed by atoms with van der Waals surface area (Å²) in [7, 11) is -3.66. The Morgan fingerprint density at radius 1 is 1.36 bits per heavy atom. The Kier molecular flexibility index (Phi) is 6.41. The molecule has 2 aromatic rings. The third kappa shape index (κ3) is 4.56. The molecule has 1 aromatic heterocycles. The number of amides is 1. The van der Waals surface area contributed by atoms with E-state index in [4.69, 9.17) is 9.15 Å². The molecular weight excluding hydrogens is 380 g/mol. The molecule has 0 bridgehead atoms. The van der Waals surface area contributed by atoms with Gasteiger partial charge in [0.1, 0.15) is 11.5 Å². The lowest BCUT2D eigenvalue weighted by Crippen LogP contribution is -2.45. The molecule has 1 aromatic carbocycles. The molecular formula is C20H26N2O5S. The second kappa shape index (κ2) is 8.79. The summed E-state index contributed by atoms with van der Waals surface area (Å²) in [5.74, 6) is 0.815. The lowest BCUT2D eigenvalue weighted by Gasteiger charge is -2.31. The van der Waals surface area contributed by atoms with E-state index in [1.807, 2.05) is 13.8 Å². The Bertz CT molecular complexity index is 909. The smallest absolute Gasteiger partial charge is 0.243 e. The number of ether oxygens (including phenoxy) is 1. The van der Waals surface area contributed by atoms with Crippen molar-refractivity contribution in [2.75, 3.05) is 19.7 Å². The fourth-order valence-electron chi connectivity index (χ4n) is 3.36. The molecule has 3 rings (SSSR count). The van der Waals surface area contributed by atoms with Gasteiger partial charge in [-0.3, -0.25) is 4.79 Å². The van der Waals surface area contributed by atoms with Crippen LogP contribution in [0.25, 0.3) is 0 Å². The molecule has 152 valence electrons. The molecule has 1 atom stereocenters. The normalized spacial score (nSPS) is 18.0. The summed E-state index contributed by atoms with van der Waals surface area (Å²) in [6, 6.07) is 8.42. The standard InChI is InChI=1S/C20H26N2O5S/c1-3-26-19-9-8-18(12-15(19)2)28(24,25)22-10-4-6-16(14-22)20(23)21-13-17-7-5-11-27-17/h5,7-9,11-12,16H,3-4,6,10,13-14H2,1-2H3,(H,21,23)/t16-/m0/s1. The average molecular weight is 407 g/mol. The topological polar surface area (TPSA) is 88.9 Å². The van der Waals surface area contributed by atoms with Crippen LogP contribution in [0.5, 0.6) is 5.75 Å². The first-order valence-corrected chi connectivity index (χ1v) is 10.9. The number of carbonyl (C=O) groups is 1. The Hall–Kier alpha value is -2.32. The number of benzene rings is 1. The molecule has 1 saturated heterocycles. The SMILES string of the molecule is CCOc1ccc(S(=O)(=O)N2CCC[C@H](C(=O)NCc3ccco3)C2)cc1C. The van der Waals surface area contributed by atoms with Crippen molar-refractivity contribution < 1.29 is 22.4 Å². The average Bonchev–Trinajstić information content (AvgIpc) is 3.21. The molecule has 0 unspecified atom stereocenters. The van der Waals surface area contributed by atoms with Crippen molar-refractivity contribution in [3.05, 3.63) is 47.9 Å². The van der Waals surface area contributed by atoms with E-state index in [1.54, 1.807) is 36.6 Å². The minimum atomic E-state index is -3.66. The zero-order valence-electron chi connectivity index (χ0n) is 16.2. The number of sulfonamides is 1. The van der Waals surface area contributed by atoms with E-state index < -0.39 is 10.0 Å². The predicted molar refractivity (Wildman–Crippen MR) is 104 cm³/mol. The highest BCUT2D eigenvalue weighted by molar-refractivity contribution is 7.89. The van der Waals surface area contributed by atoms with Crippen molar-refractivity contribution in [3.8, 4) is 5.75 Å². The minimum Gasteiger partial charge on any atom is -0.494 e. The molecule has 28 heavy (non-hydrogen) atoms. The van der Waals surface area contributed by atoms with Crippen molar-refractivity contribution in [1.82, 2.24) is 9.62 Å². The summed E-state index contributed by atoms with van der Waals surface area (Å²) in [5.41, 5.74) is 0.771. The Labute approximate surface area is 165 Å². The van der Waals surface area contributed by atoms with Crippen molar-refractivity contribution >= 4 is 15.9 Å². The van der Waals surface area contributed by atoms with E-state index in [-0.39, 0.29) is 23.3 Å². The number of hydrogen-bond donors (Lipinski definition) is 1. The molecule has 0 aliphatic carbocycles. The second-order valence-electron chi connectivity index (χ2n) is 6.86. The fourth-order valence-corrected chi connectivity index (χ4v) is 4.96. The maximum atomic E-state index is 13.1. The first-order valence-electron chi connectivity index (χ1n) is 9.45. The van der Waals surface area contributed by atoms with Crippen LogP contribution < -0.4 is 10.1 Å². The number of furan rings is 1. The largest absolute Gasteiger partial charge is 0.494 e. The van der Waals surface area contributed by atoms with E-state index in [0.717, 1.165) is 5.56 Å². The quantitative estimate of drug-likeness (QED) is 0.764. The van der Waals surface area contributed by atoms with Crippen LogP contribution in [0.3, 0.4) is 0 Å². The number of nitrogens with one attached hydrogen (secondary N) is 1. The lowest BCUT2D eigenvalue weighted by molar-refractivity contribution is -0.126. The van der Waals surface area contributed by atoms with E-state index in [2.05, 4.69) is 5.32 Å². The van der Waals surface area contributed by atoms with Gasteiger partial charge in [0.2, 0.25) is 15.9 Å². The molecule has 8 heteroatoms. The van der Waals surface area contributed by atoms with Gasteiger partial charge in [0.25, 0.3) is 0 Å². The summed E-state index contributed by atoms with van der Waals surface area (Å²) >= 11 is 0. The highest BCUT2D eigenvalue weighted by Gasteiger charge is 2.33. The van der Waals surface area contributed by atoms with Gasteiger partial charge in [-0.1, -0.05) is 0 Å². The second-order valence-corrected chi connectivity index (χ2v) is 8.80. The highest BCUT2D eigenvalue weighted by atomic mass is 32.2. The Balaban J connectivity index is 1.68. The van der Waals surface area contributed by atoms with Crippen LogP contribution in [0.15, 0.2) is 45.9 Å². The first-order chi connectivity index (χ1) is 13.4. The number of aryl methyl sites for hydroxylation is 1. The maximum absolute atomic E-state index is 13.1. The number of hydrogen-bond acceptors (Lipinski definition) is 5. The maximum Gasteiger partial charge on any atom is 0.243 e. The van der Waals surface area contributed by atoms with Gasteiger partial charge in [0.15, 0.2) is 0 Å². The monoisotopic (exact) mass is 406 g/mol. The zero-order valence-corrected chi connectivity index (χ0v) is 17.0. The number of piperidine rings is 1. The number of carbonyl (C=O) groups excluding carboxylic acids is 1. The van der Waals surface area contributed by atoms with E-state index >= 15 is 0 Å². The predicted octanol–water partition coefficient (Wildman–Crippen LogP) is 2.70. The molecule has 1 aliphatic heterocycles. The van der Waals surface area contributed by atoms with Gasteiger partial charge in [-0.05, 0) is 62.6 Å². The molecule has 7 nitrogen and oxygen atoms in total. The number of nitrogens with zero attached hydrogens (tertiary/aromatic N) is 1. The van der Waals surface area contributed by atoms with Gasteiger partial charge >= 0.3 is 0 Å². The highest BCUT2D eigenvalue weighted by Crippen LogP contribution is 2.27. The zero-order chi connectivity index (χ0) is 20.1. The van der Waals surface area contributed by atoms with Crippen molar-refractivity contribution in [3.63, 3.8) is 0 Å².